The molecular formula is C17H18Br2N2. The van der Waals surface area contributed by atoms with E-state index in [1.807, 2.05) is 0 Å². The highest BCUT2D eigenvalue weighted by molar-refractivity contribution is 9.11. The fraction of sp³-hybridized carbons (Fsp3) is 0.294. The number of hydrogen-bond donors (Lipinski definition) is 1. The highest BCUT2D eigenvalue weighted by Gasteiger charge is 2.28. The molecule has 2 aromatic carbocycles. The van der Waals surface area contributed by atoms with Crippen LogP contribution >= 0.6 is 31.9 Å². The molecule has 0 saturated carbocycles. The summed E-state index contributed by atoms with van der Waals surface area (Å²) in [4.78, 5) is 2.49. The molecule has 1 saturated heterocycles. The van der Waals surface area contributed by atoms with Crippen LogP contribution in [0.3, 0.4) is 0 Å². The monoisotopic (exact) mass is 408 g/mol. The van der Waals surface area contributed by atoms with E-state index in [0.717, 1.165) is 22.0 Å². The first-order chi connectivity index (χ1) is 10.1. The number of nitrogens with one attached hydrogen (secondary N) is 1. The summed E-state index contributed by atoms with van der Waals surface area (Å²) in [6.07, 6.45) is 0. The first kappa shape index (κ1) is 15.1. The van der Waals surface area contributed by atoms with E-state index in [-0.39, 0.29) is 0 Å². The summed E-state index contributed by atoms with van der Waals surface area (Å²) in [5.41, 5.74) is 2.60. The minimum Gasteiger partial charge on any atom is -0.361 e. The quantitative estimate of drug-likeness (QED) is 0.769. The van der Waals surface area contributed by atoms with Crippen molar-refractivity contribution in [2.75, 3.05) is 18.0 Å². The molecule has 4 heteroatoms. The topological polar surface area (TPSA) is 15.3 Å². The second kappa shape index (κ2) is 6.51. The van der Waals surface area contributed by atoms with Crippen LogP contribution in [0.2, 0.25) is 0 Å². The van der Waals surface area contributed by atoms with Crippen molar-refractivity contribution in [2.45, 2.75) is 19.0 Å². The fourth-order valence-electron chi connectivity index (χ4n) is 2.86. The zero-order chi connectivity index (χ0) is 14.8. The number of rotatable bonds is 2. The number of piperazine rings is 1. The van der Waals surface area contributed by atoms with Crippen molar-refractivity contribution in [1.29, 1.82) is 0 Å². The van der Waals surface area contributed by atoms with Gasteiger partial charge in [-0.3, -0.25) is 0 Å². The van der Waals surface area contributed by atoms with E-state index >= 15 is 0 Å². The molecule has 0 radical (unpaired) electrons. The van der Waals surface area contributed by atoms with Crippen LogP contribution in [0.1, 0.15) is 18.5 Å². The first-order valence-corrected chi connectivity index (χ1v) is 8.74. The lowest BCUT2D eigenvalue weighted by molar-refractivity contribution is 0.416. The van der Waals surface area contributed by atoms with Gasteiger partial charge >= 0.3 is 0 Å². The van der Waals surface area contributed by atoms with Gasteiger partial charge in [-0.1, -0.05) is 46.3 Å². The van der Waals surface area contributed by atoms with Crippen LogP contribution in [0.15, 0.2) is 57.5 Å². The average Bonchev–Trinajstić information content (AvgIpc) is 2.48. The van der Waals surface area contributed by atoms with Crippen molar-refractivity contribution in [3.05, 3.63) is 63.0 Å². The molecule has 110 valence electrons. The lowest BCUT2D eigenvalue weighted by atomic mass is 10.0. The lowest BCUT2D eigenvalue weighted by Crippen LogP contribution is -2.51. The second-order valence-electron chi connectivity index (χ2n) is 5.48. The Labute approximate surface area is 142 Å². The molecule has 2 atom stereocenters. The third-order valence-electron chi connectivity index (χ3n) is 3.91. The largest absolute Gasteiger partial charge is 0.361 e. The second-order valence-corrected chi connectivity index (χ2v) is 7.25. The number of anilines is 1. The molecule has 0 amide bonds. The van der Waals surface area contributed by atoms with Crippen LogP contribution < -0.4 is 10.2 Å². The zero-order valence-corrected chi connectivity index (χ0v) is 15.1. The van der Waals surface area contributed by atoms with Gasteiger partial charge in [0.2, 0.25) is 0 Å². The minimum atomic E-state index is 0.361. The number of nitrogens with zero attached hydrogens (tertiary/aromatic N) is 1. The molecule has 0 aliphatic carbocycles. The molecule has 2 nitrogen and oxygen atoms in total. The third kappa shape index (κ3) is 3.33. The molecular weight excluding hydrogens is 392 g/mol. The van der Waals surface area contributed by atoms with E-state index in [9.17, 15) is 0 Å². The maximum Gasteiger partial charge on any atom is 0.0668 e. The smallest absolute Gasteiger partial charge is 0.0668 e. The molecule has 21 heavy (non-hydrogen) atoms. The van der Waals surface area contributed by atoms with Crippen molar-refractivity contribution < 1.29 is 0 Å². The van der Waals surface area contributed by atoms with Crippen LogP contribution in [0.25, 0.3) is 0 Å². The van der Waals surface area contributed by atoms with Gasteiger partial charge in [0.1, 0.15) is 0 Å². The maximum atomic E-state index is 3.71. The Bertz CT molecular complexity index is 615. The van der Waals surface area contributed by atoms with Crippen LogP contribution in [-0.2, 0) is 0 Å². The average molecular weight is 410 g/mol. The third-order valence-corrected chi connectivity index (χ3v) is 5.04. The highest BCUT2D eigenvalue weighted by Crippen LogP contribution is 2.36. The van der Waals surface area contributed by atoms with Crippen LogP contribution in [-0.4, -0.2) is 19.1 Å². The van der Waals surface area contributed by atoms with Gasteiger partial charge in [0.25, 0.3) is 0 Å². The Hall–Kier alpha value is -0.840. The van der Waals surface area contributed by atoms with Crippen molar-refractivity contribution >= 4 is 37.5 Å². The summed E-state index contributed by atoms with van der Waals surface area (Å²) < 4.78 is 2.23. The molecule has 2 aromatic rings. The molecule has 2 unspecified atom stereocenters. The zero-order valence-electron chi connectivity index (χ0n) is 11.9. The molecule has 1 aliphatic heterocycles. The van der Waals surface area contributed by atoms with E-state index in [2.05, 4.69) is 97.5 Å². The van der Waals surface area contributed by atoms with E-state index in [4.69, 9.17) is 0 Å². The first-order valence-electron chi connectivity index (χ1n) is 7.15. The van der Waals surface area contributed by atoms with Gasteiger partial charge < -0.3 is 10.2 Å². The van der Waals surface area contributed by atoms with Crippen molar-refractivity contribution in [3.63, 3.8) is 0 Å². The fourth-order valence-corrected chi connectivity index (χ4v) is 4.14. The minimum absolute atomic E-state index is 0.361. The molecule has 1 N–H and O–H groups in total. The normalized spacial score (nSPS) is 22.3. The van der Waals surface area contributed by atoms with Crippen molar-refractivity contribution in [1.82, 2.24) is 5.32 Å². The summed E-state index contributed by atoms with van der Waals surface area (Å²) in [5, 5.41) is 3.59. The number of benzene rings is 2. The molecule has 0 bridgehead atoms. The molecule has 1 aliphatic rings. The van der Waals surface area contributed by atoms with Gasteiger partial charge in [0.05, 0.1) is 11.7 Å². The SMILES string of the molecule is CC1CN(c2ccc(Br)cc2Br)C(c2ccccc2)CN1. The highest BCUT2D eigenvalue weighted by atomic mass is 79.9. The maximum absolute atomic E-state index is 3.71. The lowest BCUT2D eigenvalue weighted by Gasteiger charge is -2.41. The Balaban J connectivity index is 1.98. The molecule has 0 spiro atoms. The standard InChI is InChI=1S/C17H18Br2N2/c1-12-11-21(16-8-7-14(18)9-15(16)19)17(10-20-12)13-5-3-2-4-6-13/h2-9,12,17,20H,10-11H2,1H3. The summed E-state index contributed by atoms with van der Waals surface area (Å²) in [6, 6.07) is 18.0. The van der Waals surface area contributed by atoms with Crippen LogP contribution in [0.4, 0.5) is 5.69 Å². The van der Waals surface area contributed by atoms with Gasteiger partial charge in [0, 0.05) is 28.1 Å². The van der Waals surface area contributed by atoms with Crippen molar-refractivity contribution in [3.8, 4) is 0 Å². The van der Waals surface area contributed by atoms with Gasteiger partial charge in [-0.15, -0.1) is 0 Å². The molecule has 1 heterocycles. The Morgan fingerprint density at radius 2 is 1.86 bits per heavy atom. The Morgan fingerprint density at radius 3 is 2.57 bits per heavy atom. The summed E-state index contributed by atoms with van der Waals surface area (Å²) >= 11 is 7.24. The summed E-state index contributed by atoms with van der Waals surface area (Å²) in [7, 11) is 0. The summed E-state index contributed by atoms with van der Waals surface area (Å²) in [5.74, 6) is 0. The van der Waals surface area contributed by atoms with E-state index in [0.29, 0.717) is 12.1 Å². The molecule has 1 fully saturated rings. The molecule has 0 aromatic heterocycles. The summed E-state index contributed by atoms with van der Waals surface area (Å²) in [6.45, 7) is 4.20. The van der Waals surface area contributed by atoms with E-state index < -0.39 is 0 Å². The van der Waals surface area contributed by atoms with Crippen molar-refractivity contribution in [2.24, 2.45) is 0 Å². The number of hydrogen-bond acceptors (Lipinski definition) is 2. The van der Waals surface area contributed by atoms with Crippen LogP contribution in [0.5, 0.6) is 0 Å². The van der Waals surface area contributed by atoms with Gasteiger partial charge in [0.15, 0.2) is 0 Å². The predicted octanol–water partition coefficient (Wildman–Crippen LogP) is 4.75. The Morgan fingerprint density at radius 1 is 1.10 bits per heavy atom. The van der Waals surface area contributed by atoms with Gasteiger partial charge in [-0.25, -0.2) is 0 Å². The number of halogens is 2. The van der Waals surface area contributed by atoms with E-state index in [1.165, 1.54) is 11.3 Å². The van der Waals surface area contributed by atoms with E-state index in [1.54, 1.807) is 0 Å². The van der Waals surface area contributed by atoms with Gasteiger partial charge in [-0.05, 0) is 46.6 Å². The van der Waals surface area contributed by atoms with Gasteiger partial charge in [-0.2, -0.15) is 0 Å². The van der Waals surface area contributed by atoms with Crippen LogP contribution in [0, 0.1) is 0 Å². The predicted molar refractivity (Wildman–Crippen MR) is 95.8 cm³/mol. The Kier molecular flexibility index (Phi) is 4.67. The molecule has 3 rings (SSSR count).